The minimum Gasteiger partial charge on any atom is -0.333 e. The van der Waals surface area contributed by atoms with Gasteiger partial charge in [-0.15, -0.1) is 0 Å². The third-order valence-corrected chi connectivity index (χ3v) is 2.98. The number of nitrogens with one attached hydrogen (secondary N) is 1. The molecule has 1 atom stereocenters. The predicted octanol–water partition coefficient (Wildman–Crippen LogP) is 2.27. The smallest absolute Gasteiger partial charge is 0.126 e. The van der Waals surface area contributed by atoms with Gasteiger partial charge in [0.1, 0.15) is 5.82 Å². The van der Waals surface area contributed by atoms with Crippen LogP contribution in [0, 0.1) is 12.3 Å². The number of rotatable bonds is 0. The highest BCUT2D eigenvalue weighted by Crippen LogP contribution is 2.33. The molecule has 0 bridgehead atoms. The van der Waals surface area contributed by atoms with Gasteiger partial charge in [-0.1, -0.05) is 20.8 Å². The second kappa shape index (κ2) is 3.63. The van der Waals surface area contributed by atoms with E-state index in [4.69, 9.17) is 0 Å². The SMILES string of the molecule is Cc1cn2c(n1)[C@@H](C(C)(C)C)NCCC2. The van der Waals surface area contributed by atoms with Crippen LogP contribution in [-0.4, -0.2) is 16.1 Å². The summed E-state index contributed by atoms with van der Waals surface area (Å²) in [7, 11) is 0. The number of aromatic nitrogens is 2. The highest BCUT2D eigenvalue weighted by atomic mass is 15.1. The third kappa shape index (κ3) is 2.07. The molecule has 0 radical (unpaired) electrons. The van der Waals surface area contributed by atoms with Gasteiger partial charge < -0.3 is 9.88 Å². The van der Waals surface area contributed by atoms with Crippen LogP contribution in [0.1, 0.15) is 44.8 Å². The van der Waals surface area contributed by atoms with Crippen molar-refractivity contribution in [2.45, 2.75) is 46.7 Å². The van der Waals surface area contributed by atoms with Crippen LogP contribution in [0.4, 0.5) is 0 Å². The molecule has 1 aliphatic rings. The third-order valence-electron chi connectivity index (χ3n) is 2.98. The summed E-state index contributed by atoms with van der Waals surface area (Å²) >= 11 is 0. The normalized spacial score (nSPS) is 22.3. The van der Waals surface area contributed by atoms with Crippen LogP contribution in [0.25, 0.3) is 0 Å². The fourth-order valence-electron chi connectivity index (χ4n) is 2.26. The summed E-state index contributed by atoms with van der Waals surface area (Å²) in [5, 5.41) is 3.61. The molecule has 1 aromatic heterocycles. The molecule has 0 fully saturated rings. The monoisotopic (exact) mass is 207 g/mol. The van der Waals surface area contributed by atoms with Gasteiger partial charge in [-0.05, 0) is 25.3 Å². The Morgan fingerprint density at radius 2 is 2.20 bits per heavy atom. The first kappa shape index (κ1) is 10.7. The van der Waals surface area contributed by atoms with Crippen LogP contribution in [0.2, 0.25) is 0 Å². The quantitative estimate of drug-likeness (QED) is 0.707. The predicted molar refractivity (Wildman–Crippen MR) is 61.8 cm³/mol. The van der Waals surface area contributed by atoms with Crippen molar-refractivity contribution >= 4 is 0 Å². The molecule has 3 nitrogen and oxygen atoms in total. The lowest BCUT2D eigenvalue weighted by Gasteiger charge is -2.29. The zero-order valence-corrected chi connectivity index (χ0v) is 10.2. The number of aryl methyl sites for hydroxylation is 2. The molecular weight excluding hydrogens is 186 g/mol. The number of nitrogens with zero attached hydrogens (tertiary/aromatic N) is 2. The average Bonchev–Trinajstić information content (AvgIpc) is 2.32. The first-order valence-corrected chi connectivity index (χ1v) is 5.75. The van der Waals surface area contributed by atoms with Crippen LogP contribution in [0.5, 0.6) is 0 Å². The van der Waals surface area contributed by atoms with Gasteiger partial charge in [-0.3, -0.25) is 0 Å². The summed E-state index contributed by atoms with van der Waals surface area (Å²) in [6.07, 6.45) is 3.36. The van der Waals surface area contributed by atoms with Crippen LogP contribution in [0.15, 0.2) is 6.20 Å². The van der Waals surface area contributed by atoms with Crippen molar-refractivity contribution in [3.05, 3.63) is 17.7 Å². The number of hydrogen-bond acceptors (Lipinski definition) is 2. The Morgan fingerprint density at radius 3 is 2.87 bits per heavy atom. The first-order valence-electron chi connectivity index (χ1n) is 5.75. The summed E-state index contributed by atoms with van der Waals surface area (Å²) < 4.78 is 2.31. The number of hydrogen-bond donors (Lipinski definition) is 1. The van der Waals surface area contributed by atoms with E-state index in [0.29, 0.717) is 6.04 Å². The summed E-state index contributed by atoms with van der Waals surface area (Å²) in [6, 6.07) is 0.369. The van der Waals surface area contributed by atoms with Gasteiger partial charge >= 0.3 is 0 Å². The zero-order chi connectivity index (χ0) is 11.1. The van der Waals surface area contributed by atoms with Crippen molar-refractivity contribution in [1.82, 2.24) is 14.9 Å². The van der Waals surface area contributed by atoms with Crippen molar-refractivity contribution in [1.29, 1.82) is 0 Å². The Kier molecular flexibility index (Phi) is 2.59. The lowest BCUT2D eigenvalue weighted by atomic mass is 9.86. The second-order valence-electron chi connectivity index (χ2n) is 5.54. The van der Waals surface area contributed by atoms with E-state index in [1.165, 1.54) is 12.2 Å². The zero-order valence-electron chi connectivity index (χ0n) is 10.2. The van der Waals surface area contributed by atoms with Gasteiger partial charge in [0.25, 0.3) is 0 Å². The molecule has 0 aliphatic carbocycles. The lowest BCUT2D eigenvalue weighted by molar-refractivity contribution is 0.266. The molecule has 2 heterocycles. The van der Waals surface area contributed by atoms with Crippen molar-refractivity contribution in [3.63, 3.8) is 0 Å². The minimum absolute atomic E-state index is 0.222. The molecule has 2 rings (SSSR count). The van der Waals surface area contributed by atoms with Crippen molar-refractivity contribution < 1.29 is 0 Å². The Morgan fingerprint density at radius 1 is 1.47 bits per heavy atom. The molecule has 84 valence electrons. The van der Waals surface area contributed by atoms with Gasteiger partial charge in [0, 0.05) is 12.7 Å². The van der Waals surface area contributed by atoms with E-state index < -0.39 is 0 Å². The minimum atomic E-state index is 0.222. The van der Waals surface area contributed by atoms with Crippen LogP contribution >= 0.6 is 0 Å². The maximum Gasteiger partial charge on any atom is 0.126 e. The van der Waals surface area contributed by atoms with E-state index >= 15 is 0 Å². The van der Waals surface area contributed by atoms with Gasteiger partial charge in [0.05, 0.1) is 11.7 Å². The maximum atomic E-state index is 4.66. The Labute approximate surface area is 91.9 Å². The first-order chi connectivity index (χ1) is 6.98. The van der Waals surface area contributed by atoms with E-state index in [1.807, 2.05) is 0 Å². The molecule has 1 aromatic rings. The summed E-state index contributed by atoms with van der Waals surface area (Å²) in [5.74, 6) is 1.21. The molecule has 1 aliphatic heterocycles. The van der Waals surface area contributed by atoms with E-state index in [-0.39, 0.29) is 5.41 Å². The fraction of sp³-hybridized carbons (Fsp3) is 0.750. The molecule has 0 unspecified atom stereocenters. The molecule has 15 heavy (non-hydrogen) atoms. The van der Waals surface area contributed by atoms with Crippen molar-refractivity contribution in [2.24, 2.45) is 5.41 Å². The standard InChI is InChI=1S/C12H21N3/c1-9-8-15-7-5-6-13-10(11(15)14-9)12(2,3)4/h8,10,13H,5-7H2,1-4H3/t10-/m0/s1. The Balaban J connectivity index is 2.40. The van der Waals surface area contributed by atoms with E-state index in [9.17, 15) is 0 Å². The molecular formula is C12H21N3. The maximum absolute atomic E-state index is 4.66. The summed E-state index contributed by atoms with van der Waals surface area (Å²) in [5.41, 5.74) is 1.35. The molecule has 0 saturated carbocycles. The van der Waals surface area contributed by atoms with E-state index in [0.717, 1.165) is 18.8 Å². The number of imidazole rings is 1. The van der Waals surface area contributed by atoms with Crippen molar-refractivity contribution in [3.8, 4) is 0 Å². The number of fused-ring (bicyclic) bond motifs is 1. The average molecular weight is 207 g/mol. The summed E-state index contributed by atoms with van der Waals surface area (Å²) in [4.78, 5) is 4.66. The largest absolute Gasteiger partial charge is 0.333 e. The van der Waals surface area contributed by atoms with Crippen molar-refractivity contribution in [2.75, 3.05) is 6.54 Å². The van der Waals surface area contributed by atoms with E-state index in [1.54, 1.807) is 0 Å². The van der Waals surface area contributed by atoms with E-state index in [2.05, 4.69) is 48.8 Å². The lowest BCUT2D eigenvalue weighted by Crippen LogP contribution is -2.33. The second-order valence-corrected chi connectivity index (χ2v) is 5.54. The van der Waals surface area contributed by atoms with Gasteiger partial charge in [0.2, 0.25) is 0 Å². The molecule has 0 aromatic carbocycles. The molecule has 1 N–H and O–H groups in total. The molecule has 0 amide bonds. The van der Waals surface area contributed by atoms with Crippen LogP contribution < -0.4 is 5.32 Å². The van der Waals surface area contributed by atoms with Crippen LogP contribution in [0.3, 0.4) is 0 Å². The molecule has 0 spiro atoms. The summed E-state index contributed by atoms with van der Waals surface area (Å²) in [6.45, 7) is 11.1. The highest BCUT2D eigenvalue weighted by Gasteiger charge is 2.30. The topological polar surface area (TPSA) is 29.9 Å². The van der Waals surface area contributed by atoms with Gasteiger partial charge in [-0.2, -0.15) is 0 Å². The van der Waals surface area contributed by atoms with Crippen LogP contribution in [-0.2, 0) is 6.54 Å². The Hall–Kier alpha value is -0.830. The molecule has 3 heteroatoms. The fourth-order valence-corrected chi connectivity index (χ4v) is 2.26. The highest BCUT2D eigenvalue weighted by molar-refractivity contribution is 5.10. The van der Waals surface area contributed by atoms with Gasteiger partial charge in [0.15, 0.2) is 0 Å². The van der Waals surface area contributed by atoms with Gasteiger partial charge in [-0.25, -0.2) is 4.98 Å². The Bertz CT molecular complexity index is 346. The molecule has 0 saturated heterocycles.